The average Bonchev–Trinajstić information content (AvgIpc) is 2.60. The van der Waals surface area contributed by atoms with Crippen LogP contribution in [0.1, 0.15) is 13.3 Å². The molecule has 1 unspecified atom stereocenters. The molecule has 0 amide bonds. The number of nitrogens with two attached hydrogens (primary N) is 1. The molecule has 0 saturated carbocycles. The highest BCUT2D eigenvalue weighted by molar-refractivity contribution is 7.98. The maximum atomic E-state index is 5.49. The number of rotatable bonds is 5. The van der Waals surface area contributed by atoms with E-state index in [-0.39, 0.29) is 0 Å². The number of hydrogen-bond acceptors (Lipinski definition) is 6. The number of nitrogen functional groups attached to an aromatic ring is 1. The summed E-state index contributed by atoms with van der Waals surface area (Å²) in [7, 11) is 2.05. The monoisotopic (exact) mass is 232 g/mol. The Bertz CT molecular complexity index is 276. The van der Waals surface area contributed by atoms with E-state index >= 15 is 0 Å². The maximum Gasteiger partial charge on any atom is 0.233 e. The molecule has 1 aromatic rings. The minimum Gasteiger partial charge on any atom is -0.367 e. The summed E-state index contributed by atoms with van der Waals surface area (Å²) >= 11 is 3.21. The van der Waals surface area contributed by atoms with Crippen LogP contribution in [0.25, 0.3) is 0 Å². The Morgan fingerprint density at radius 1 is 1.64 bits per heavy atom. The SMILES string of the molecule is CCC(CSC)N(C)c1nc(N)ns1. The quantitative estimate of drug-likeness (QED) is 0.837. The fraction of sp³-hybridized carbons (Fsp3) is 0.750. The molecule has 0 bridgehead atoms. The standard InChI is InChI=1S/C8H16N4S2/c1-4-6(5-13-3)12(2)8-10-7(9)11-14-8/h6H,4-5H2,1-3H3,(H2,9,11). The zero-order valence-electron chi connectivity index (χ0n) is 8.73. The molecule has 1 aromatic heterocycles. The van der Waals surface area contributed by atoms with Gasteiger partial charge >= 0.3 is 0 Å². The van der Waals surface area contributed by atoms with E-state index in [0.717, 1.165) is 17.3 Å². The molecule has 0 fully saturated rings. The highest BCUT2D eigenvalue weighted by atomic mass is 32.2. The van der Waals surface area contributed by atoms with Crippen molar-refractivity contribution in [3.8, 4) is 0 Å². The second-order valence-electron chi connectivity index (χ2n) is 3.06. The third kappa shape index (κ3) is 2.75. The minimum atomic E-state index is 0.371. The van der Waals surface area contributed by atoms with Gasteiger partial charge in [-0.25, -0.2) is 0 Å². The molecule has 6 heteroatoms. The second-order valence-corrected chi connectivity index (χ2v) is 4.70. The molecule has 14 heavy (non-hydrogen) atoms. The van der Waals surface area contributed by atoms with Gasteiger partial charge in [0.1, 0.15) is 0 Å². The molecule has 0 radical (unpaired) electrons. The van der Waals surface area contributed by atoms with Crippen LogP contribution in [0, 0.1) is 0 Å². The molecule has 2 N–H and O–H groups in total. The van der Waals surface area contributed by atoms with Gasteiger partial charge in [-0.15, -0.1) is 0 Å². The van der Waals surface area contributed by atoms with Crippen molar-refractivity contribution in [1.29, 1.82) is 0 Å². The smallest absolute Gasteiger partial charge is 0.233 e. The van der Waals surface area contributed by atoms with Crippen molar-refractivity contribution < 1.29 is 0 Å². The molecule has 0 aliphatic heterocycles. The molecular formula is C8H16N4S2. The van der Waals surface area contributed by atoms with Crippen LogP contribution in [0.15, 0.2) is 0 Å². The first-order chi connectivity index (χ1) is 6.69. The Morgan fingerprint density at radius 3 is 2.79 bits per heavy atom. The second kappa shape index (κ2) is 5.41. The summed E-state index contributed by atoms with van der Waals surface area (Å²) in [4.78, 5) is 6.32. The first-order valence-corrected chi connectivity index (χ1v) is 6.66. The summed E-state index contributed by atoms with van der Waals surface area (Å²) in [5, 5.41) is 0.906. The van der Waals surface area contributed by atoms with E-state index in [0.29, 0.717) is 12.0 Å². The van der Waals surface area contributed by atoms with Crippen molar-refractivity contribution in [3.05, 3.63) is 0 Å². The van der Waals surface area contributed by atoms with Crippen LogP contribution < -0.4 is 10.6 Å². The van der Waals surface area contributed by atoms with E-state index in [1.165, 1.54) is 11.5 Å². The van der Waals surface area contributed by atoms with Crippen molar-refractivity contribution in [2.75, 3.05) is 29.7 Å². The molecule has 80 valence electrons. The van der Waals surface area contributed by atoms with Crippen LogP contribution in [-0.4, -0.2) is 34.5 Å². The predicted octanol–water partition coefficient (Wildman–Crippen LogP) is 1.70. The highest BCUT2D eigenvalue weighted by Crippen LogP contribution is 2.21. The predicted molar refractivity (Wildman–Crippen MR) is 65.2 cm³/mol. The zero-order valence-corrected chi connectivity index (χ0v) is 10.4. The van der Waals surface area contributed by atoms with Gasteiger partial charge in [0, 0.05) is 30.4 Å². The Labute approximate surface area is 93.1 Å². The first-order valence-electron chi connectivity index (χ1n) is 4.50. The zero-order chi connectivity index (χ0) is 10.6. The fourth-order valence-electron chi connectivity index (χ4n) is 1.22. The van der Waals surface area contributed by atoms with Crippen LogP contribution in [-0.2, 0) is 0 Å². The summed E-state index contributed by atoms with van der Waals surface area (Å²) in [5.41, 5.74) is 5.49. The Balaban J connectivity index is 2.66. The third-order valence-electron chi connectivity index (χ3n) is 2.11. The van der Waals surface area contributed by atoms with Crippen molar-refractivity contribution in [1.82, 2.24) is 9.36 Å². The lowest BCUT2D eigenvalue weighted by Gasteiger charge is -2.25. The number of aromatic nitrogens is 2. The number of thioether (sulfide) groups is 1. The normalized spacial score (nSPS) is 12.8. The van der Waals surface area contributed by atoms with E-state index in [9.17, 15) is 0 Å². The van der Waals surface area contributed by atoms with Crippen LogP contribution >= 0.6 is 23.3 Å². The summed E-state index contributed by atoms with van der Waals surface area (Å²) in [6.07, 6.45) is 3.22. The van der Waals surface area contributed by atoms with Crippen molar-refractivity contribution in [2.45, 2.75) is 19.4 Å². The van der Waals surface area contributed by atoms with Gasteiger partial charge in [0.2, 0.25) is 11.1 Å². The highest BCUT2D eigenvalue weighted by Gasteiger charge is 2.15. The summed E-state index contributed by atoms with van der Waals surface area (Å²) in [6, 6.07) is 0.511. The summed E-state index contributed by atoms with van der Waals surface area (Å²) in [6.45, 7) is 2.18. The molecule has 1 heterocycles. The van der Waals surface area contributed by atoms with Gasteiger partial charge in [0.05, 0.1) is 0 Å². The van der Waals surface area contributed by atoms with E-state index in [2.05, 4.69) is 27.4 Å². The van der Waals surface area contributed by atoms with E-state index < -0.39 is 0 Å². The summed E-state index contributed by atoms with van der Waals surface area (Å²) in [5.74, 6) is 1.47. The van der Waals surface area contributed by atoms with Crippen LogP contribution in [0.3, 0.4) is 0 Å². The lowest BCUT2D eigenvalue weighted by atomic mass is 10.2. The third-order valence-corrected chi connectivity index (χ3v) is 3.65. The van der Waals surface area contributed by atoms with Crippen LogP contribution in [0.2, 0.25) is 0 Å². The molecular weight excluding hydrogens is 216 g/mol. The van der Waals surface area contributed by atoms with Crippen molar-refractivity contribution in [3.63, 3.8) is 0 Å². The van der Waals surface area contributed by atoms with Gasteiger partial charge in [0.25, 0.3) is 0 Å². The average molecular weight is 232 g/mol. The minimum absolute atomic E-state index is 0.371. The first kappa shape index (κ1) is 11.6. The molecule has 1 rings (SSSR count). The van der Waals surface area contributed by atoms with E-state index in [4.69, 9.17) is 5.73 Å². The molecule has 1 atom stereocenters. The number of hydrogen-bond donors (Lipinski definition) is 1. The van der Waals surface area contributed by atoms with Crippen molar-refractivity contribution >= 4 is 34.4 Å². The Kier molecular flexibility index (Phi) is 4.47. The van der Waals surface area contributed by atoms with Gasteiger partial charge in [-0.05, 0) is 12.7 Å². The Hall–Kier alpha value is -0.490. The molecule has 0 saturated heterocycles. The van der Waals surface area contributed by atoms with Crippen molar-refractivity contribution in [2.24, 2.45) is 0 Å². The van der Waals surface area contributed by atoms with E-state index in [1.807, 2.05) is 18.8 Å². The van der Waals surface area contributed by atoms with E-state index in [1.54, 1.807) is 0 Å². The molecule has 0 aliphatic carbocycles. The molecule has 0 aliphatic rings. The largest absolute Gasteiger partial charge is 0.367 e. The maximum absolute atomic E-state index is 5.49. The number of anilines is 2. The van der Waals surface area contributed by atoms with Crippen LogP contribution in [0.4, 0.5) is 11.1 Å². The van der Waals surface area contributed by atoms with Gasteiger partial charge in [-0.2, -0.15) is 21.1 Å². The fourth-order valence-corrected chi connectivity index (χ4v) is 2.69. The lowest BCUT2D eigenvalue weighted by molar-refractivity contribution is 0.672. The van der Waals surface area contributed by atoms with Gasteiger partial charge in [-0.1, -0.05) is 6.92 Å². The molecule has 4 nitrogen and oxygen atoms in total. The number of nitrogens with zero attached hydrogens (tertiary/aromatic N) is 3. The van der Waals surface area contributed by atoms with Gasteiger partial charge in [-0.3, -0.25) is 0 Å². The van der Waals surface area contributed by atoms with Gasteiger partial charge in [0.15, 0.2) is 0 Å². The molecule has 0 spiro atoms. The van der Waals surface area contributed by atoms with Gasteiger partial charge < -0.3 is 10.6 Å². The van der Waals surface area contributed by atoms with Crippen LogP contribution in [0.5, 0.6) is 0 Å². The lowest BCUT2D eigenvalue weighted by Crippen LogP contribution is -2.33. The topological polar surface area (TPSA) is 55.0 Å². The Morgan fingerprint density at radius 2 is 2.36 bits per heavy atom. The molecule has 0 aromatic carbocycles. The summed E-state index contributed by atoms with van der Waals surface area (Å²) < 4.78 is 3.97.